The minimum Gasteiger partial charge on any atom is -0.377 e. The first-order valence-electron chi connectivity index (χ1n) is 16.5. The molecule has 4 rings (SSSR count). The van der Waals surface area contributed by atoms with Crippen LogP contribution in [-0.2, 0) is 64.3 Å². The molecule has 0 unspecified atom stereocenters. The molecule has 0 amide bonds. The summed E-state index contributed by atoms with van der Waals surface area (Å²) in [7, 11) is -8.00. The lowest BCUT2D eigenvalue weighted by molar-refractivity contribution is -0.0480. The maximum Gasteiger partial charge on any atom is 0.264 e. The van der Waals surface area contributed by atoms with Gasteiger partial charge in [-0.3, -0.25) is 18.2 Å². The summed E-state index contributed by atoms with van der Waals surface area (Å²) in [6, 6.07) is 40.3. The number of nitrogens with zero attached hydrogens (tertiary/aromatic N) is 2. The fourth-order valence-corrected chi connectivity index (χ4v) is 6.68. The van der Waals surface area contributed by atoms with Crippen LogP contribution < -0.4 is 0 Å². The minimum atomic E-state index is -4.00. The molecule has 10 nitrogen and oxygen atoms in total. The molecular formula is C38H48N2O8S2. The van der Waals surface area contributed by atoms with Crippen molar-refractivity contribution in [3.8, 4) is 0 Å². The lowest BCUT2D eigenvalue weighted by Crippen LogP contribution is -2.42. The van der Waals surface area contributed by atoms with Gasteiger partial charge in [-0.1, -0.05) is 121 Å². The van der Waals surface area contributed by atoms with Crippen molar-refractivity contribution in [3.63, 3.8) is 0 Å². The average molecular weight is 725 g/mol. The van der Waals surface area contributed by atoms with E-state index < -0.39 is 32.4 Å². The van der Waals surface area contributed by atoms with Crippen LogP contribution in [0.2, 0.25) is 0 Å². The molecule has 0 N–H and O–H groups in total. The second-order valence-corrected chi connectivity index (χ2v) is 15.4. The maximum absolute atomic E-state index is 12.3. The second-order valence-electron chi connectivity index (χ2n) is 12.2. The SMILES string of the molecule is CS(=O)(=O)O[C@@H](COCCN(Cc1ccccc1)Cc1ccccc1)[C@H](COCCN(Cc1ccccc1)Cc1ccccc1)OS(C)(=O)=O. The third-order valence-corrected chi connectivity index (χ3v) is 8.87. The van der Waals surface area contributed by atoms with Crippen LogP contribution in [-0.4, -0.2) is 90.9 Å². The largest absolute Gasteiger partial charge is 0.377 e. The van der Waals surface area contributed by atoms with Crippen LogP contribution in [0.25, 0.3) is 0 Å². The third kappa shape index (κ3) is 16.0. The molecule has 0 saturated carbocycles. The van der Waals surface area contributed by atoms with Gasteiger partial charge in [0, 0.05) is 39.3 Å². The van der Waals surface area contributed by atoms with Crippen LogP contribution in [0.1, 0.15) is 22.3 Å². The smallest absolute Gasteiger partial charge is 0.264 e. The van der Waals surface area contributed by atoms with Crippen LogP contribution in [0.4, 0.5) is 0 Å². The zero-order valence-corrected chi connectivity index (χ0v) is 30.4. The number of benzene rings is 4. The number of hydrogen-bond donors (Lipinski definition) is 0. The van der Waals surface area contributed by atoms with E-state index >= 15 is 0 Å². The van der Waals surface area contributed by atoms with Gasteiger partial charge in [0.2, 0.25) is 0 Å². The third-order valence-electron chi connectivity index (χ3n) is 7.68. The van der Waals surface area contributed by atoms with Gasteiger partial charge in [0.25, 0.3) is 20.2 Å². The molecule has 0 radical (unpaired) electrons. The van der Waals surface area contributed by atoms with E-state index in [1.165, 1.54) is 0 Å². The number of rotatable bonds is 23. The number of ether oxygens (including phenoxy) is 2. The Labute approximate surface area is 297 Å². The highest BCUT2D eigenvalue weighted by Gasteiger charge is 2.31. The topological polar surface area (TPSA) is 112 Å². The Hall–Kier alpha value is -3.46. The lowest BCUT2D eigenvalue weighted by atomic mass is 10.1. The van der Waals surface area contributed by atoms with Crippen molar-refractivity contribution in [2.24, 2.45) is 0 Å². The molecule has 0 aliphatic carbocycles. The van der Waals surface area contributed by atoms with E-state index in [9.17, 15) is 16.8 Å². The second kappa shape index (κ2) is 20.4. The zero-order valence-electron chi connectivity index (χ0n) is 28.7. The first-order chi connectivity index (χ1) is 24.0. The molecule has 270 valence electrons. The van der Waals surface area contributed by atoms with Crippen molar-refractivity contribution in [1.82, 2.24) is 9.80 Å². The molecule has 0 aliphatic heterocycles. The summed E-state index contributed by atoms with van der Waals surface area (Å²) < 4.78 is 71.7. The van der Waals surface area contributed by atoms with E-state index in [-0.39, 0.29) is 26.4 Å². The Morgan fingerprint density at radius 1 is 0.460 bits per heavy atom. The Morgan fingerprint density at radius 3 is 0.960 bits per heavy atom. The van der Waals surface area contributed by atoms with Crippen molar-refractivity contribution >= 4 is 20.2 Å². The van der Waals surface area contributed by atoms with Gasteiger partial charge in [-0.25, -0.2) is 0 Å². The summed E-state index contributed by atoms with van der Waals surface area (Å²) in [5.74, 6) is 0. The van der Waals surface area contributed by atoms with Gasteiger partial charge in [-0.2, -0.15) is 16.8 Å². The highest BCUT2D eigenvalue weighted by Crippen LogP contribution is 2.15. The van der Waals surface area contributed by atoms with E-state index in [4.69, 9.17) is 17.8 Å². The van der Waals surface area contributed by atoms with Crippen LogP contribution in [0.3, 0.4) is 0 Å². The molecule has 0 heterocycles. The summed E-state index contributed by atoms with van der Waals surface area (Å²) in [5.41, 5.74) is 4.58. The van der Waals surface area contributed by atoms with Crippen LogP contribution in [0, 0.1) is 0 Å². The molecular weight excluding hydrogens is 677 g/mol. The molecule has 0 saturated heterocycles. The fraction of sp³-hybridized carbons (Fsp3) is 0.368. The van der Waals surface area contributed by atoms with Gasteiger partial charge >= 0.3 is 0 Å². The molecule has 0 fully saturated rings. The standard InChI is InChI=1S/C38H48N2O8S2/c1-49(41,42)47-37(31-45-25-23-39(27-33-15-7-3-8-16-33)28-34-17-9-4-10-18-34)38(48-50(2,43)44)32-46-26-24-40(29-35-19-11-5-12-20-35)30-36-21-13-6-14-22-36/h3-22,37-38H,23-32H2,1-2H3/t37-,38-/m0/s1. The Morgan fingerprint density at radius 2 is 0.720 bits per heavy atom. The predicted molar refractivity (Wildman–Crippen MR) is 195 cm³/mol. The maximum atomic E-state index is 12.3. The van der Waals surface area contributed by atoms with Gasteiger partial charge in [0.05, 0.1) is 38.9 Å². The molecule has 0 bridgehead atoms. The first-order valence-corrected chi connectivity index (χ1v) is 20.2. The van der Waals surface area contributed by atoms with Crippen molar-refractivity contribution in [2.75, 3.05) is 52.0 Å². The molecule has 0 aliphatic rings. The van der Waals surface area contributed by atoms with E-state index in [1.807, 2.05) is 72.8 Å². The van der Waals surface area contributed by atoms with Crippen molar-refractivity contribution < 1.29 is 34.7 Å². The monoisotopic (exact) mass is 724 g/mol. The molecule has 0 spiro atoms. The lowest BCUT2D eigenvalue weighted by Gasteiger charge is -2.27. The summed E-state index contributed by atoms with van der Waals surface area (Å²) in [6.07, 6.45) is -0.710. The zero-order chi connectivity index (χ0) is 35.7. The van der Waals surface area contributed by atoms with Crippen LogP contribution in [0.15, 0.2) is 121 Å². The summed E-state index contributed by atoms with van der Waals surface area (Å²) in [4.78, 5) is 4.45. The Bertz CT molecular complexity index is 1520. The molecule has 2 atom stereocenters. The minimum absolute atomic E-state index is 0.227. The molecule has 50 heavy (non-hydrogen) atoms. The van der Waals surface area contributed by atoms with Crippen LogP contribution >= 0.6 is 0 Å². The Balaban J connectivity index is 1.38. The van der Waals surface area contributed by atoms with Gasteiger partial charge < -0.3 is 9.47 Å². The highest BCUT2D eigenvalue weighted by molar-refractivity contribution is 7.86. The Kier molecular flexibility index (Phi) is 16.0. The summed E-state index contributed by atoms with van der Waals surface area (Å²) in [5, 5.41) is 0. The van der Waals surface area contributed by atoms with Gasteiger partial charge in [-0.05, 0) is 22.3 Å². The van der Waals surface area contributed by atoms with E-state index in [2.05, 4.69) is 58.3 Å². The fourth-order valence-electron chi connectivity index (χ4n) is 5.42. The molecule has 0 aromatic heterocycles. The van der Waals surface area contributed by atoms with E-state index in [0.717, 1.165) is 34.8 Å². The van der Waals surface area contributed by atoms with Gasteiger partial charge in [0.15, 0.2) is 0 Å². The van der Waals surface area contributed by atoms with Crippen molar-refractivity contribution in [3.05, 3.63) is 144 Å². The van der Waals surface area contributed by atoms with Crippen molar-refractivity contribution in [2.45, 2.75) is 38.4 Å². The summed E-state index contributed by atoms with van der Waals surface area (Å²) in [6.45, 7) is 3.81. The van der Waals surface area contributed by atoms with Crippen LogP contribution in [0.5, 0.6) is 0 Å². The average Bonchev–Trinajstić information content (AvgIpc) is 3.08. The number of hydrogen-bond acceptors (Lipinski definition) is 10. The summed E-state index contributed by atoms with van der Waals surface area (Å²) >= 11 is 0. The quantitative estimate of drug-likeness (QED) is 0.0756. The first kappa shape index (κ1) is 39.3. The normalized spacial score (nSPS) is 13.4. The highest BCUT2D eigenvalue weighted by atomic mass is 32.2. The van der Waals surface area contributed by atoms with Crippen molar-refractivity contribution in [1.29, 1.82) is 0 Å². The van der Waals surface area contributed by atoms with E-state index in [0.29, 0.717) is 39.3 Å². The predicted octanol–water partition coefficient (Wildman–Crippen LogP) is 5.11. The molecule has 4 aromatic carbocycles. The van der Waals surface area contributed by atoms with Gasteiger partial charge in [-0.15, -0.1) is 0 Å². The van der Waals surface area contributed by atoms with Gasteiger partial charge in [0.1, 0.15) is 12.2 Å². The van der Waals surface area contributed by atoms with E-state index in [1.54, 1.807) is 0 Å². The molecule has 12 heteroatoms. The molecule has 4 aromatic rings.